The summed E-state index contributed by atoms with van der Waals surface area (Å²) in [5.41, 5.74) is 3.00. The Morgan fingerprint density at radius 3 is 2.54 bits per heavy atom. The van der Waals surface area contributed by atoms with Crippen molar-refractivity contribution in [2.45, 2.75) is 18.9 Å². The number of β-amino-alcohol motifs (C(OH)–C–C–N with tert-alkyl or cyclic N) is 1. The van der Waals surface area contributed by atoms with Gasteiger partial charge in [-0.2, -0.15) is 0 Å². The van der Waals surface area contributed by atoms with E-state index in [1.165, 1.54) is 12.8 Å². The number of hydrogen-bond donors (Lipinski definition) is 1. The molecule has 4 nitrogen and oxygen atoms in total. The van der Waals surface area contributed by atoms with Gasteiger partial charge in [0, 0.05) is 17.5 Å². The van der Waals surface area contributed by atoms with Crippen molar-refractivity contribution in [1.29, 1.82) is 0 Å². The third kappa shape index (κ3) is 4.03. The van der Waals surface area contributed by atoms with Crippen LogP contribution in [0.5, 0.6) is 5.75 Å². The number of ether oxygens (including phenoxy) is 1. The maximum absolute atomic E-state index is 10.1. The van der Waals surface area contributed by atoms with Crippen LogP contribution >= 0.6 is 0 Å². The van der Waals surface area contributed by atoms with Gasteiger partial charge in [-0.05, 0) is 62.3 Å². The summed E-state index contributed by atoms with van der Waals surface area (Å²) in [6.45, 7) is 3.19. The molecule has 1 atom stereocenters. The summed E-state index contributed by atoms with van der Waals surface area (Å²) in [6.07, 6.45) is 2.02. The quantitative estimate of drug-likeness (QED) is 0.737. The average Bonchev–Trinajstić information content (AvgIpc) is 3.19. The highest BCUT2D eigenvalue weighted by Gasteiger charge is 2.16. The number of benzene rings is 2. The van der Waals surface area contributed by atoms with Gasteiger partial charge in [-0.15, -0.1) is 0 Å². The van der Waals surface area contributed by atoms with Gasteiger partial charge in [-0.3, -0.25) is 0 Å². The average molecular weight is 348 g/mol. The number of hydrogen-bond acceptors (Lipinski definition) is 4. The maximum atomic E-state index is 10.1. The van der Waals surface area contributed by atoms with E-state index in [1.54, 1.807) is 0 Å². The Labute approximate surface area is 154 Å². The second-order valence-corrected chi connectivity index (χ2v) is 6.89. The Morgan fingerprint density at radius 1 is 0.962 bits per heavy atom. The Hall–Kier alpha value is -2.43. The van der Waals surface area contributed by atoms with E-state index in [-0.39, 0.29) is 0 Å². The summed E-state index contributed by atoms with van der Waals surface area (Å²) in [6, 6.07) is 20.2. The molecule has 2 heterocycles. The van der Waals surface area contributed by atoms with Gasteiger partial charge in [-0.1, -0.05) is 24.3 Å². The number of fused-ring (bicyclic) bond motifs is 1. The van der Waals surface area contributed by atoms with Crippen molar-refractivity contribution < 1.29 is 9.84 Å². The molecule has 4 heteroatoms. The highest BCUT2D eigenvalue weighted by molar-refractivity contribution is 5.81. The van der Waals surface area contributed by atoms with E-state index >= 15 is 0 Å². The van der Waals surface area contributed by atoms with Gasteiger partial charge in [0.15, 0.2) is 0 Å². The van der Waals surface area contributed by atoms with Crippen LogP contribution in [0.25, 0.3) is 22.2 Å². The third-order valence-corrected chi connectivity index (χ3v) is 4.86. The minimum Gasteiger partial charge on any atom is -0.491 e. The van der Waals surface area contributed by atoms with Gasteiger partial charge in [0.25, 0.3) is 0 Å². The Bertz CT molecular complexity index is 857. The Morgan fingerprint density at radius 2 is 1.73 bits per heavy atom. The molecule has 1 aliphatic heterocycles. The number of aliphatic hydroxyl groups is 1. The van der Waals surface area contributed by atoms with E-state index in [0.717, 1.165) is 41.0 Å². The summed E-state index contributed by atoms with van der Waals surface area (Å²) in [5, 5.41) is 11.3. The first-order valence-electron chi connectivity index (χ1n) is 9.27. The van der Waals surface area contributed by atoms with Crippen molar-refractivity contribution in [3.8, 4) is 17.0 Å². The Kier molecular flexibility index (Phi) is 5.14. The lowest BCUT2D eigenvalue weighted by Gasteiger charge is -2.19. The Balaban J connectivity index is 1.38. The van der Waals surface area contributed by atoms with Gasteiger partial charge in [-0.25, -0.2) is 4.98 Å². The minimum atomic E-state index is -0.449. The number of nitrogens with zero attached hydrogens (tertiary/aromatic N) is 2. The fraction of sp³-hybridized carbons (Fsp3) is 0.318. The zero-order valence-corrected chi connectivity index (χ0v) is 14.8. The molecule has 3 aromatic rings. The van der Waals surface area contributed by atoms with E-state index < -0.39 is 6.10 Å². The molecule has 1 aliphatic rings. The van der Waals surface area contributed by atoms with Crippen molar-refractivity contribution in [3.05, 3.63) is 60.7 Å². The minimum absolute atomic E-state index is 0.323. The van der Waals surface area contributed by atoms with Crippen LogP contribution in [0.15, 0.2) is 60.7 Å². The summed E-state index contributed by atoms with van der Waals surface area (Å²) in [4.78, 5) is 7.01. The van der Waals surface area contributed by atoms with E-state index in [1.807, 2.05) is 48.5 Å². The van der Waals surface area contributed by atoms with E-state index in [9.17, 15) is 5.11 Å². The van der Waals surface area contributed by atoms with Crippen molar-refractivity contribution >= 4 is 10.9 Å². The fourth-order valence-electron chi connectivity index (χ4n) is 3.46. The fourth-order valence-corrected chi connectivity index (χ4v) is 3.46. The van der Waals surface area contributed by atoms with Crippen LogP contribution in [0.1, 0.15) is 12.8 Å². The van der Waals surface area contributed by atoms with Crippen LogP contribution in [-0.2, 0) is 0 Å². The normalized spacial score (nSPS) is 16.0. The van der Waals surface area contributed by atoms with Gasteiger partial charge in [0.1, 0.15) is 18.5 Å². The molecule has 0 spiro atoms. The molecule has 4 rings (SSSR count). The molecule has 2 aromatic carbocycles. The standard InChI is InChI=1S/C22H24N2O2/c25-19(15-24-13-3-4-14-24)16-26-20-10-7-18(8-11-20)22-12-9-17-5-1-2-6-21(17)23-22/h1-2,5-12,19,25H,3-4,13-16H2. The van der Waals surface area contributed by atoms with Crippen LogP contribution in [0.3, 0.4) is 0 Å². The largest absolute Gasteiger partial charge is 0.491 e. The predicted octanol–water partition coefficient (Wildman–Crippen LogP) is 3.74. The summed E-state index contributed by atoms with van der Waals surface area (Å²) in [7, 11) is 0. The van der Waals surface area contributed by atoms with Crippen LogP contribution in [-0.4, -0.2) is 47.3 Å². The second-order valence-electron chi connectivity index (χ2n) is 6.89. The van der Waals surface area contributed by atoms with E-state index in [4.69, 9.17) is 9.72 Å². The van der Waals surface area contributed by atoms with E-state index in [0.29, 0.717) is 13.2 Å². The predicted molar refractivity (Wildman–Crippen MR) is 104 cm³/mol. The van der Waals surface area contributed by atoms with Crippen LogP contribution in [0.4, 0.5) is 0 Å². The first-order chi connectivity index (χ1) is 12.8. The summed E-state index contributed by atoms with van der Waals surface area (Å²) < 4.78 is 5.74. The topological polar surface area (TPSA) is 45.6 Å². The molecular weight excluding hydrogens is 324 g/mol. The number of pyridine rings is 1. The number of aromatic nitrogens is 1. The van der Waals surface area contributed by atoms with E-state index in [2.05, 4.69) is 17.0 Å². The molecule has 1 saturated heterocycles. The monoisotopic (exact) mass is 348 g/mol. The molecule has 0 bridgehead atoms. The van der Waals surface area contributed by atoms with Gasteiger partial charge >= 0.3 is 0 Å². The molecule has 1 N–H and O–H groups in total. The van der Waals surface area contributed by atoms with Crippen LogP contribution in [0.2, 0.25) is 0 Å². The van der Waals surface area contributed by atoms with Crippen molar-refractivity contribution in [2.75, 3.05) is 26.2 Å². The summed E-state index contributed by atoms with van der Waals surface area (Å²) >= 11 is 0. The molecule has 0 aliphatic carbocycles. The third-order valence-electron chi connectivity index (χ3n) is 4.86. The molecule has 1 unspecified atom stereocenters. The molecule has 1 aromatic heterocycles. The van der Waals surface area contributed by atoms with Gasteiger partial charge in [0.2, 0.25) is 0 Å². The smallest absolute Gasteiger partial charge is 0.119 e. The van der Waals surface area contributed by atoms with Gasteiger partial charge < -0.3 is 14.7 Å². The van der Waals surface area contributed by atoms with Crippen LogP contribution in [0, 0.1) is 0 Å². The second kappa shape index (κ2) is 7.85. The maximum Gasteiger partial charge on any atom is 0.119 e. The lowest BCUT2D eigenvalue weighted by atomic mass is 10.1. The molecule has 134 valence electrons. The molecule has 26 heavy (non-hydrogen) atoms. The first kappa shape index (κ1) is 17.0. The van der Waals surface area contributed by atoms with Crippen molar-refractivity contribution in [3.63, 3.8) is 0 Å². The molecule has 0 saturated carbocycles. The number of rotatable bonds is 6. The lowest BCUT2D eigenvalue weighted by Crippen LogP contribution is -2.33. The number of aliphatic hydroxyl groups excluding tert-OH is 1. The number of para-hydroxylation sites is 1. The SMILES string of the molecule is OC(COc1ccc(-c2ccc3ccccc3n2)cc1)CN1CCCC1. The highest BCUT2D eigenvalue weighted by atomic mass is 16.5. The molecule has 0 amide bonds. The zero-order chi connectivity index (χ0) is 17.8. The number of likely N-dealkylation sites (tertiary alicyclic amines) is 1. The van der Waals surface area contributed by atoms with Gasteiger partial charge in [0.05, 0.1) is 11.2 Å². The summed E-state index contributed by atoms with van der Waals surface area (Å²) in [5.74, 6) is 0.773. The highest BCUT2D eigenvalue weighted by Crippen LogP contribution is 2.23. The van der Waals surface area contributed by atoms with Crippen molar-refractivity contribution in [2.24, 2.45) is 0 Å². The lowest BCUT2D eigenvalue weighted by molar-refractivity contribution is 0.0758. The van der Waals surface area contributed by atoms with Crippen molar-refractivity contribution in [1.82, 2.24) is 9.88 Å². The molecular formula is C22H24N2O2. The first-order valence-corrected chi connectivity index (χ1v) is 9.27. The molecule has 1 fully saturated rings. The molecule has 0 radical (unpaired) electrons. The van der Waals surface area contributed by atoms with Crippen LogP contribution < -0.4 is 4.74 Å². The zero-order valence-electron chi connectivity index (χ0n) is 14.8.